The van der Waals surface area contributed by atoms with Crippen LogP contribution in [0.15, 0.2) is 91.0 Å². The second-order valence-corrected chi connectivity index (χ2v) is 11.3. The third-order valence-corrected chi connectivity index (χ3v) is 9.12. The molecule has 0 saturated carbocycles. The van der Waals surface area contributed by atoms with E-state index in [9.17, 15) is 0 Å². The molecule has 180 valence electrons. The second kappa shape index (κ2) is 13.7. The van der Waals surface area contributed by atoms with Gasteiger partial charge < -0.3 is 14.2 Å². The van der Waals surface area contributed by atoms with E-state index in [2.05, 4.69) is 79.7 Å². The molecule has 0 bridgehead atoms. The Morgan fingerprint density at radius 2 is 1.24 bits per heavy atom. The molecule has 1 unspecified atom stereocenters. The summed E-state index contributed by atoms with van der Waals surface area (Å²) in [5, 5.41) is 0.361. The Morgan fingerprint density at radius 3 is 1.79 bits per heavy atom. The molecule has 1 aliphatic rings. The Bertz CT molecular complexity index is 935. The molecule has 4 heteroatoms. The van der Waals surface area contributed by atoms with Crippen molar-refractivity contribution in [1.29, 1.82) is 0 Å². The quantitative estimate of drug-likeness (QED) is 0.275. The van der Waals surface area contributed by atoms with Crippen LogP contribution in [0.2, 0.25) is 0 Å². The molecule has 0 aromatic heterocycles. The highest BCUT2D eigenvalue weighted by atomic mass is 32.2. The lowest BCUT2D eigenvalue weighted by Crippen LogP contribution is -2.39. The SMILES string of the molecule is CCCC[S+]1C[C@@H](OCc2ccccc2)[C@H](OCc2ccccc2)[C@H]1COCc1ccccc1. The number of rotatable bonds is 13. The molecule has 0 aliphatic carbocycles. The molecule has 1 heterocycles. The van der Waals surface area contributed by atoms with Gasteiger partial charge in [0.2, 0.25) is 0 Å². The van der Waals surface area contributed by atoms with Crippen LogP contribution in [0, 0.1) is 0 Å². The lowest BCUT2D eigenvalue weighted by atomic mass is 10.1. The monoisotopic (exact) mass is 477 g/mol. The van der Waals surface area contributed by atoms with Crippen molar-refractivity contribution < 1.29 is 14.2 Å². The normalized spacial score (nSPS) is 22.1. The number of hydrogen-bond acceptors (Lipinski definition) is 3. The molecule has 4 atom stereocenters. The van der Waals surface area contributed by atoms with Crippen LogP contribution in [0.1, 0.15) is 36.5 Å². The minimum absolute atomic E-state index is 0.0416. The highest BCUT2D eigenvalue weighted by molar-refractivity contribution is 7.97. The van der Waals surface area contributed by atoms with Crippen molar-refractivity contribution in [2.24, 2.45) is 0 Å². The van der Waals surface area contributed by atoms with Gasteiger partial charge in [0.1, 0.15) is 23.7 Å². The summed E-state index contributed by atoms with van der Waals surface area (Å²) in [6.07, 6.45) is 2.59. The first-order valence-electron chi connectivity index (χ1n) is 12.4. The predicted octanol–water partition coefficient (Wildman–Crippen LogP) is 6.17. The van der Waals surface area contributed by atoms with Gasteiger partial charge in [-0.15, -0.1) is 0 Å². The van der Waals surface area contributed by atoms with Crippen molar-refractivity contribution in [2.75, 3.05) is 18.1 Å². The molecule has 0 N–H and O–H groups in total. The Labute approximate surface area is 207 Å². The fourth-order valence-corrected chi connectivity index (χ4v) is 7.39. The Hall–Kier alpha value is -2.11. The van der Waals surface area contributed by atoms with Crippen LogP contribution in [-0.2, 0) is 44.9 Å². The first-order chi connectivity index (χ1) is 16.8. The topological polar surface area (TPSA) is 27.7 Å². The minimum atomic E-state index is 0.0416. The van der Waals surface area contributed by atoms with Gasteiger partial charge in [0.25, 0.3) is 0 Å². The summed E-state index contributed by atoms with van der Waals surface area (Å²) in [5.74, 6) is 2.29. The van der Waals surface area contributed by atoms with E-state index in [0.717, 1.165) is 5.75 Å². The van der Waals surface area contributed by atoms with Crippen LogP contribution in [0.4, 0.5) is 0 Å². The zero-order valence-electron chi connectivity index (χ0n) is 20.2. The van der Waals surface area contributed by atoms with E-state index in [-0.39, 0.29) is 23.1 Å². The standard InChI is InChI=1S/C30H37O3S/c1-2-3-19-34-24-28(32-21-26-15-9-5-10-16-26)30(33-22-27-17-11-6-12-18-27)29(34)23-31-20-25-13-7-4-8-14-25/h4-18,28-30H,2-3,19-24H2,1H3/q+1/t28-,29-,30+,34?/m1/s1. The van der Waals surface area contributed by atoms with Gasteiger partial charge in [0, 0.05) is 0 Å². The first kappa shape index (κ1) is 25.0. The van der Waals surface area contributed by atoms with Crippen LogP contribution in [0.25, 0.3) is 0 Å². The molecule has 0 spiro atoms. The summed E-state index contributed by atoms with van der Waals surface area (Å²) in [6.45, 7) is 4.86. The number of ether oxygens (including phenoxy) is 3. The summed E-state index contributed by atoms with van der Waals surface area (Å²) >= 11 is 0. The molecular formula is C30H37O3S+. The molecule has 1 aliphatic heterocycles. The molecule has 3 aromatic rings. The fourth-order valence-electron chi connectivity index (χ4n) is 4.38. The van der Waals surface area contributed by atoms with Gasteiger partial charge in [-0.1, -0.05) is 104 Å². The third-order valence-electron chi connectivity index (χ3n) is 6.29. The summed E-state index contributed by atoms with van der Waals surface area (Å²) in [6, 6.07) is 31.3. The van der Waals surface area contributed by atoms with Gasteiger partial charge in [-0.05, 0) is 34.0 Å². The highest BCUT2D eigenvalue weighted by Gasteiger charge is 2.52. The van der Waals surface area contributed by atoms with Crippen molar-refractivity contribution >= 4 is 10.9 Å². The summed E-state index contributed by atoms with van der Waals surface area (Å²) in [7, 11) is 0.226. The number of unbranched alkanes of at least 4 members (excludes halogenated alkanes) is 1. The Kier molecular flexibility index (Phi) is 10.1. The Morgan fingerprint density at radius 1 is 0.706 bits per heavy atom. The smallest absolute Gasteiger partial charge is 0.170 e. The van der Waals surface area contributed by atoms with Crippen LogP contribution >= 0.6 is 0 Å². The largest absolute Gasteiger partial charge is 0.371 e. The summed E-state index contributed by atoms with van der Waals surface area (Å²) in [5.41, 5.74) is 3.63. The fraction of sp³-hybridized carbons (Fsp3) is 0.400. The van der Waals surface area contributed by atoms with E-state index in [1.54, 1.807) is 0 Å². The van der Waals surface area contributed by atoms with E-state index in [1.165, 1.54) is 35.3 Å². The molecule has 1 saturated heterocycles. The zero-order chi connectivity index (χ0) is 23.4. The van der Waals surface area contributed by atoms with E-state index in [4.69, 9.17) is 14.2 Å². The van der Waals surface area contributed by atoms with Crippen molar-refractivity contribution in [3.05, 3.63) is 108 Å². The van der Waals surface area contributed by atoms with Gasteiger partial charge in [0.05, 0.1) is 26.4 Å². The molecule has 3 nitrogen and oxygen atoms in total. The van der Waals surface area contributed by atoms with E-state index >= 15 is 0 Å². The minimum Gasteiger partial charge on any atom is -0.371 e. The van der Waals surface area contributed by atoms with Crippen LogP contribution < -0.4 is 0 Å². The maximum absolute atomic E-state index is 6.62. The molecule has 0 amide bonds. The average molecular weight is 478 g/mol. The van der Waals surface area contributed by atoms with E-state index < -0.39 is 0 Å². The maximum Gasteiger partial charge on any atom is 0.170 e. The Balaban J connectivity index is 1.45. The molecule has 3 aromatic carbocycles. The molecular weight excluding hydrogens is 440 g/mol. The maximum atomic E-state index is 6.62. The van der Waals surface area contributed by atoms with Gasteiger partial charge in [0.15, 0.2) is 5.25 Å². The zero-order valence-corrected chi connectivity index (χ0v) is 21.0. The van der Waals surface area contributed by atoms with E-state index in [0.29, 0.717) is 31.7 Å². The van der Waals surface area contributed by atoms with Crippen molar-refractivity contribution in [3.8, 4) is 0 Å². The summed E-state index contributed by atoms with van der Waals surface area (Å²) in [4.78, 5) is 0. The summed E-state index contributed by atoms with van der Waals surface area (Å²) < 4.78 is 19.4. The predicted molar refractivity (Wildman–Crippen MR) is 142 cm³/mol. The second-order valence-electron chi connectivity index (χ2n) is 8.90. The first-order valence-corrected chi connectivity index (χ1v) is 14.0. The highest BCUT2D eigenvalue weighted by Crippen LogP contribution is 2.31. The third kappa shape index (κ3) is 7.44. The molecule has 0 radical (unpaired) electrons. The van der Waals surface area contributed by atoms with Crippen molar-refractivity contribution in [3.63, 3.8) is 0 Å². The van der Waals surface area contributed by atoms with Gasteiger partial charge >= 0.3 is 0 Å². The molecule has 34 heavy (non-hydrogen) atoms. The molecule has 4 rings (SSSR count). The van der Waals surface area contributed by atoms with Crippen molar-refractivity contribution in [2.45, 2.75) is 57.0 Å². The van der Waals surface area contributed by atoms with E-state index in [1.807, 2.05) is 18.2 Å². The van der Waals surface area contributed by atoms with Gasteiger partial charge in [-0.25, -0.2) is 0 Å². The van der Waals surface area contributed by atoms with Crippen LogP contribution in [-0.4, -0.2) is 35.6 Å². The van der Waals surface area contributed by atoms with Crippen molar-refractivity contribution in [1.82, 2.24) is 0 Å². The van der Waals surface area contributed by atoms with Gasteiger partial charge in [-0.3, -0.25) is 0 Å². The lowest BCUT2D eigenvalue weighted by molar-refractivity contribution is -0.0768. The lowest BCUT2D eigenvalue weighted by Gasteiger charge is -2.22. The molecule has 1 fully saturated rings. The van der Waals surface area contributed by atoms with Crippen LogP contribution in [0.3, 0.4) is 0 Å². The average Bonchev–Trinajstić information content (AvgIpc) is 3.23. The van der Waals surface area contributed by atoms with Gasteiger partial charge in [-0.2, -0.15) is 0 Å². The van der Waals surface area contributed by atoms with Crippen LogP contribution in [0.5, 0.6) is 0 Å². The number of hydrogen-bond donors (Lipinski definition) is 0. The number of benzene rings is 3.